The molecular weight excluding hydrogens is 374 g/mol. The standard InChI is InChI=1S/C18H16ClN3O3S/c19-14-8-7-11(9-15(14)22(24)25)17(23)21-18-13(10-20)12-5-3-1-2-4-6-16(12)26-18/h7-9H,1-6H2,(H,21,23). The minimum absolute atomic E-state index is 0.0247. The molecule has 0 unspecified atom stereocenters. The summed E-state index contributed by atoms with van der Waals surface area (Å²) in [5.41, 5.74) is 1.36. The fourth-order valence-corrected chi connectivity index (χ4v) is 4.52. The van der Waals surface area contributed by atoms with Gasteiger partial charge in [-0.15, -0.1) is 11.3 Å². The number of nitrogens with one attached hydrogen (secondary N) is 1. The van der Waals surface area contributed by atoms with E-state index in [-0.39, 0.29) is 16.3 Å². The minimum atomic E-state index is -0.628. The van der Waals surface area contributed by atoms with Gasteiger partial charge in [-0.3, -0.25) is 14.9 Å². The summed E-state index contributed by atoms with van der Waals surface area (Å²) in [5, 5.41) is 23.8. The van der Waals surface area contributed by atoms with Gasteiger partial charge in [0.25, 0.3) is 11.6 Å². The average molecular weight is 390 g/mol. The number of nitro groups is 1. The van der Waals surface area contributed by atoms with E-state index in [1.54, 1.807) is 0 Å². The number of anilines is 1. The summed E-state index contributed by atoms with van der Waals surface area (Å²) in [7, 11) is 0. The Morgan fingerprint density at radius 3 is 2.69 bits per heavy atom. The number of nitro benzene ring substituents is 1. The Labute approximate surface area is 159 Å². The number of nitrogens with zero attached hydrogens (tertiary/aromatic N) is 2. The highest BCUT2D eigenvalue weighted by molar-refractivity contribution is 7.16. The van der Waals surface area contributed by atoms with Crippen LogP contribution in [0, 0.1) is 21.4 Å². The van der Waals surface area contributed by atoms with Crippen molar-refractivity contribution in [3.05, 3.63) is 54.9 Å². The van der Waals surface area contributed by atoms with Crippen LogP contribution in [0.25, 0.3) is 0 Å². The zero-order chi connectivity index (χ0) is 18.7. The summed E-state index contributed by atoms with van der Waals surface area (Å²) in [6.07, 6.45) is 6.20. The summed E-state index contributed by atoms with van der Waals surface area (Å²) < 4.78 is 0. The molecule has 1 amide bonds. The highest BCUT2D eigenvalue weighted by atomic mass is 35.5. The topological polar surface area (TPSA) is 96.0 Å². The molecule has 1 N–H and O–H groups in total. The van der Waals surface area contributed by atoms with Crippen LogP contribution in [0.15, 0.2) is 18.2 Å². The Morgan fingerprint density at radius 1 is 1.27 bits per heavy atom. The van der Waals surface area contributed by atoms with Crippen molar-refractivity contribution in [2.45, 2.75) is 38.5 Å². The van der Waals surface area contributed by atoms with E-state index in [1.807, 2.05) is 0 Å². The molecule has 1 heterocycles. The third-order valence-corrected chi connectivity index (χ3v) is 5.94. The van der Waals surface area contributed by atoms with Crippen LogP contribution in [0.2, 0.25) is 5.02 Å². The number of fused-ring (bicyclic) bond motifs is 1. The van der Waals surface area contributed by atoms with E-state index in [4.69, 9.17) is 11.6 Å². The molecule has 0 spiro atoms. The van der Waals surface area contributed by atoms with Crippen molar-refractivity contribution in [2.24, 2.45) is 0 Å². The molecule has 0 radical (unpaired) electrons. The number of hydrogen-bond donors (Lipinski definition) is 1. The Balaban J connectivity index is 1.90. The van der Waals surface area contributed by atoms with E-state index in [2.05, 4.69) is 11.4 Å². The summed E-state index contributed by atoms with van der Waals surface area (Å²) in [6, 6.07) is 6.12. The van der Waals surface area contributed by atoms with E-state index in [9.17, 15) is 20.2 Å². The molecule has 0 atom stereocenters. The number of rotatable bonds is 3. The number of aryl methyl sites for hydroxylation is 1. The summed E-state index contributed by atoms with van der Waals surface area (Å²) >= 11 is 7.22. The largest absolute Gasteiger partial charge is 0.312 e. The maximum absolute atomic E-state index is 12.5. The monoisotopic (exact) mass is 389 g/mol. The molecular formula is C18H16ClN3O3S. The van der Waals surface area contributed by atoms with E-state index in [0.717, 1.165) is 48.6 Å². The predicted octanol–water partition coefficient (Wildman–Crippen LogP) is 5.09. The third kappa shape index (κ3) is 3.71. The van der Waals surface area contributed by atoms with Gasteiger partial charge >= 0.3 is 0 Å². The lowest BCUT2D eigenvalue weighted by Crippen LogP contribution is -2.12. The van der Waals surface area contributed by atoms with E-state index in [1.165, 1.54) is 29.9 Å². The predicted molar refractivity (Wildman–Crippen MR) is 101 cm³/mol. The van der Waals surface area contributed by atoms with Crippen LogP contribution in [-0.2, 0) is 12.8 Å². The molecule has 26 heavy (non-hydrogen) atoms. The Kier molecular flexibility index (Phi) is 5.55. The quantitative estimate of drug-likeness (QED) is 0.583. The number of amides is 1. The molecule has 6 nitrogen and oxygen atoms in total. The molecule has 1 aliphatic rings. The number of carbonyl (C=O) groups is 1. The van der Waals surface area contributed by atoms with Crippen LogP contribution < -0.4 is 5.32 Å². The van der Waals surface area contributed by atoms with Crippen molar-refractivity contribution in [3.63, 3.8) is 0 Å². The van der Waals surface area contributed by atoms with Crippen molar-refractivity contribution in [1.82, 2.24) is 0 Å². The second-order valence-corrected chi connectivity index (χ2v) is 7.62. The number of carbonyl (C=O) groups excluding carboxylic acids is 1. The molecule has 0 saturated carbocycles. The first-order valence-electron chi connectivity index (χ1n) is 8.31. The number of thiophene rings is 1. The average Bonchev–Trinajstić information content (AvgIpc) is 2.90. The third-order valence-electron chi connectivity index (χ3n) is 4.42. The molecule has 134 valence electrons. The van der Waals surface area contributed by atoms with Crippen LogP contribution >= 0.6 is 22.9 Å². The van der Waals surface area contributed by atoms with Crippen molar-refractivity contribution in [2.75, 3.05) is 5.32 Å². The molecule has 2 aromatic rings. The van der Waals surface area contributed by atoms with Gasteiger partial charge in [-0.1, -0.05) is 24.4 Å². The van der Waals surface area contributed by atoms with Crippen LogP contribution in [-0.4, -0.2) is 10.8 Å². The van der Waals surface area contributed by atoms with Crippen LogP contribution in [0.1, 0.15) is 52.0 Å². The maximum Gasteiger partial charge on any atom is 0.288 e. The zero-order valence-corrected chi connectivity index (χ0v) is 15.5. The number of halogens is 1. The number of hydrogen-bond acceptors (Lipinski definition) is 5. The summed E-state index contributed by atoms with van der Waals surface area (Å²) in [4.78, 5) is 24.1. The molecule has 8 heteroatoms. The first-order chi connectivity index (χ1) is 12.5. The first-order valence-corrected chi connectivity index (χ1v) is 9.50. The van der Waals surface area contributed by atoms with Gasteiger partial charge in [-0.2, -0.15) is 5.26 Å². The molecule has 1 aliphatic carbocycles. The molecule has 0 bridgehead atoms. The summed E-state index contributed by atoms with van der Waals surface area (Å²) in [6.45, 7) is 0. The molecule has 1 aromatic carbocycles. The molecule has 3 rings (SSSR count). The molecule has 0 saturated heterocycles. The van der Waals surface area contributed by atoms with Gasteiger partial charge in [0.1, 0.15) is 16.1 Å². The van der Waals surface area contributed by atoms with Gasteiger partial charge in [0.15, 0.2) is 0 Å². The zero-order valence-electron chi connectivity index (χ0n) is 13.9. The van der Waals surface area contributed by atoms with Crippen molar-refractivity contribution in [1.29, 1.82) is 5.26 Å². The van der Waals surface area contributed by atoms with Crippen molar-refractivity contribution < 1.29 is 9.72 Å². The number of benzene rings is 1. The second-order valence-electron chi connectivity index (χ2n) is 6.11. The van der Waals surface area contributed by atoms with Crippen LogP contribution in [0.3, 0.4) is 0 Å². The van der Waals surface area contributed by atoms with Gasteiger partial charge in [0.05, 0.1) is 10.5 Å². The Hall–Kier alpha value is -2.43. The SMILES string of the molecule is N#Cc1c(NC(=O)c2ccc(Cl)c([N+](=O)[O-])c2)sc2c1CCCCCC2. The highest BCUT2D eigenvalue weighted by Crippen LogP contribution is 2.37. The van der Waals surface area contributed by atoms with Gasteiger partial charge in [-0.05, 0) is 43.4 Å². The van der Waals surface area contributed by atoms with Gasteiger partial charge in [0.2, 0.25) is 0 Å². The lowest BCUT2D eigenvalue weighted by atomic mass is 9.97. The first kappa shape index (κ1) is 18.4. The normalized spacial score (nSPS) is 13.8. The fourth-order valence-electron chi connectivity index (χ4n) is 3.09. The molecule has 1 aromatic heterocycles. The second kappa shape index (κ2) is 7.85. The summed E-state index contributed by atoms with van der Waals surface area (Å²) in [5.74, 6) is -0.490. The van der Waals surface area contributed by atoms with Crippen LogP contribution in [0.5, 0.6) is 0 Å². The number of nitriles is 1. The smallest absolute Gasteiger partial charge is 0.288 e. The molecule has 0 aliphatic heterocycles. The Bertz CT molecular complexity index is 917. The van der Waals surface area contributed by atoms with E-state index >= 15 is 0 Å². The van der Waals surface area contributed by atoms with Crippen molar-refractivity contribution >= 4 is 39.5 Å². The van der Waals surface area contributed by atoms with Crippen LogP contribution in [0.4, 0.5) is 10.7 Å². The van der Waals surface area contributed by atoms with Crippen molar-refractivity contribution in [3.8, 4) is 6.07 Å². The van der Waals surface area contributed by atoms with Gasteiger partial charge in [0, 0.05) is 16.5 Å². The molecule has 0 fully saturated rings. The highest BCUT2D eigenvalue weighted by Gasteiger charge is 2.22. The van der Waals surface area contributed by atoms with Gasteiger partial charge in [-0.25, -0.2) is 0 Å². The lowest BCUT2D eigenvalue weighted by Gasteiger charge is -2.08. The van der Waals surface area contributed by atoms with E-state index < -0.39 is 10.8 Å². The fraction of sp³-hybridized carbons (Fsp3) is 0.333. The lowest BCUT2D eigenvalue weighted by molar-refractivity contribution is -0.384. The Morgan fingerprint density at radius 2 is 2.00 bits per heavy atom. The maximum atomic E-state index is 12.5. The minimum Gasteiger partial charge on any atom is -0.312 e. The van der Waals surface area contributed by atoms with E-state index in [0.29, 0.717) is 10.6 Å². The van der Waals surface area contributed by atoms with Gasteiger partial charge < -0.3 is 5.32 Å².